The summed E-state index contributed by atoms with van der Waals surface area (Å²) >= 11 is 1.99. The normalized spacial score (nSPS) is 25.8. The number of carbonyl (C=O) groups is 1. The van der Waals surface area contributed by atoms with Crippen molar-refractivity contribution in [1.29, 1.82) is 0 Å². The van der Waals surface area contributed by atoms with Crippen LogP contribution in [0, 0.1) is 0 Å². The Morgan fingerprint density at radius 3 is 2.50 bits per heavy atom. The standard InChI is InChI=1S/C18H28N4OS/c1-15-13-22(14-16(2)24-15)18(23)6-8-20-9-11-21(12-10-20)17-5-3-4-7-19-17/h3-5,7,15-16H,6,8-14H2,1-2H3/t15-,16-/m1/s1. The summed E-state index contributed by atoms with van der Waals surface area (Å²) in [7, 11) is 0. The Labute approximate surface area is 149 Å². The molecule has 3 heterocycles. The molecule has 3 rings (SSSR count). The van der Waals surface area contributed by atoms with E-state index in [9.17, 15) is 4.79 Å². The molecule has 132 valence electrons. The van der Waals surface area contributed by atoms with Crippen LogP contribution in [0.4, 0.5) is 5.82 Å². The third-order valence-corrected chi connectivity index (χ3v) is 5.99. The highest BCUT2D eigenvalue weighted by atomic mass is 32.2. The molecule has 5 nitrogen and oxygen atoms in total. The molecule has 2 fully saturated rings. The zero-order valence-corrected chi connectivity index (χ0v) is 15.5. The lowest BCUT2D eigenvalue weighted by atomic mass is 10.2. The average Bonchev–Trinajstić information content (AvgIpc) is 2.60. The second kappa shape index (κ2) is 8.21. The fourth-order valence-electron chi connectivity index (χ4n) is 3.53. The van der Waals surface area contributed by atoms with Crippen LogP contribution in [0.25, 0.3) is 0 Å². The van der Waals surface area contributed by atoms with Gasteiger partial charge in [-0.2, -0.15) is 11.8 Å². The van der Waals surface area contributed by atoms with E-state index in [0.717, 1.165) is 51.6 Å². The predicted molar refractivity (Wildman–Crippen MR) is 101 cm³/mol. The van der Waals surface area contributed by atoms with E-state index in [-0.39, 0.29) is 0 Å². The topological polar surface area (TPSA) is 39.7 Å². The number of piperazine rings is 1. The van der Waals surface area contributed by atoms with Gasteiger partial charge in [0.25, 0.3) is 0 Å². The van der Waals surface area contributed by atoms with Crippen LogP contribution < -0.4 is 4.90 Å². The van der Waals surface area contributed by atoms with Gasteiger partial charge in [0.2, 0.25) is 5.91 Å². The van der Waals surface area contributed by atoms with Crippen molar-refractivity contribution in [1.82, 2.24) is 14.8 Å². The molecule has 1 aromatic heterocycles. The summed E-state index contributed by atoms with van der Waals surface area (Å²) in [5, 5.41) is 1.11. The molecular weight excluding hydrogens is 320 g/mol. The van der Waals surface area contributed by atoms with Crippen molar-refractivity contribution in [3.63, 3.8) is 0 Å². The highest BCUT2D eigenvalue weighted by Crippen LogP contribution is 2.25. The van der Waals surface area contributed by atoms with Crippen LogP contribution in [0.5, 0.6) is 0 Å². The van der Waals surface area contributed by atoms with Gasteiger partial charge in [0.15, 0.2) is 0 Å². The third-order valence-electron chi connectivity index (χ3n) is 4.76. The highest BCUT2D eigenvalue weighted by Gasteiger charge is 2.26. The molecule has 1 amide bonds. The van der Waals surface area contributed by atoms with E-state index in [4.69, 9.17) is 0 Å². The van der Waals surface area contributed by atoms with Crippen molar-refractivity contribution < 1.29 is 4.79 Å². The quantitative estimate of drug-likeness (QED) is 0.832. The summed E-state index contributed by atoms with van der Waals surface area (Å²) in [5.74, 6) is 1.38. The largest absolute Gasteiger partial charge is 0.354 e. The van der Waals surface area contributed by atoms with E-state index < -0.39 is 0 Å². The van der Waals surface area contributed by atoms with Crippen LogP contribution in [0.15, 0.2) is 24.4 Å². The van der Waals surface area contributed by atoms with Crippen LogP contribution in [0.1, 0.15) is 20.3 Å². The molecule has 6 heteroatoms. The number of carbonyl (C=O) groups excluding carboxylic acids is 1. The van der Waals surface area contributed by atoms with Gasteiger partial charge in [-0.25, -0.2) is 4.98 Å². The minimum Gasteiger partial charge on any atom is -0.354 e. The first kappa shape index (κ1) is 17.5. The van der Waals surface area contributed by atoms with Crippen molar-refractivity contribution in [3.8, 4) is 0 Å². The molecule has 2 aliphatic heterocycles. The van der Waals surface area contributed by atoms with Gasteiger partial charge in [-0.3, -0.25) is 9.69 Å². The maximum absolute atomic E-state index is 12.5. The number of hydrogen-bond acceptors (Lipinski definition) is 5. The van der Waals surface area contributed by atoms with Crippen LogP contribution in [0.3, 0.4) is 0 Å². The predicted octanol–water partition coefficient (Wildman–Crippen LogP) is 1.95. The van der Waals surface area contributed by atoms with Crippen LogP contribution in [-0.2, 0) is 4.79 Å². The first-order valence-electron chi connectivity index (χ1n) is 8.93. The number of pyridine rings is 1. The van der Waals surface area contributed by atoms with Gasteiger partial charge >= 0.3 is 0 Å². The van der Waals surface area contributed by atoms with Crippen molar-refractivity contribution in [2.75, 3.05) is 50.7 Å². The molecule has 0 unspecified atom stereocenters. The Kier molecular flexibility index (Phi) is 6.00. The number of amides is 1. The molecule has 0 saturated carbocycles. The molecule has 0 spiro atoms. The van der Waals surface area contributed by atoms with E-state index in [1.165, 1.54) is 0 Å². The first-order valence-corrected chi connectivity index (χ1v) is 9.87. The number of rotatable bonds is 4. The van der Waals surface area contributed by atoms with Gasteiger partial charge in [-0.05, 0) is 12.1 Å². The second-order valence-electron chi connectivity index (χ2n) is 6.82. The Balaban J connectivity index is 1.41. The number of aromatic nitrogens is 1. The van der Waals surface area contributed by atoms with Crippen molar-refractivity contribution in [3.05, 3.63) is 24.4 Å². The SMILES string of the molecule is C[C@@H]1CN(C(=O)CCN2CCN(c3ccccn3)CC2)C[C@@H](C)S1. The molecule has 0 N–H and O–H groups in total. The van der Waals surface area contributed by atoms with Crippen LogP contribution in [-0.4, -0.2) is 77.0 Å². The maximum Gasteiger partial charge on any atom is 0.223 e. The summed E-state index contributed by atoms with van der Waals surface area (Å²) in [6.45, 7) is 11.1. The molecule has 2 saturated heterocycles. The molecule has 0 radical (unpaired) electrons. The lowest BCUT2D eigenvalue weighted by molar-refractivity contribution is -0.131. The van der Waals surface area contributed by atoms with Crippen molar-refractivity contribution in [2.24, 2.45) is 0 Å². The smallest absolute Gasteiger partial charge is 0.223 e. The Morgan fingerprint density at radius 2 is 1.88 bits per heavy atom. The van der Waals surface area contributed by atoms with Gasteiger partial charge in [-0.15, -0.1) is 0 Å². The van der Waals surface area contributed by atoms with Gasteiger partial charge in [0, 0.05) is 68.9 Å². The van der Waals surface area contributed by atoms with Gasteiger partial charge in [0.05, 0.1) is 0 Å². The Morgan fingerprint density at radius 1 is 1.17 bits per heavy atom. The molecule has 0 aliphatic carbocycles. The van der Waals surface area contributed by atoms with Gasteiger partial charge in [-0.1, -0.05) is 19.9 Å². The second-order valence-corrected chi connectivity index (χ2v) is 8.70. The third kappa shape index (κ3) is 4.63. The van der Waals surface area contributed by atoms with E-state index in [2.05, 4.69) is 39.6 Å². The summed E-state index contributed by atoms with van der Waals surface area (Å²) < 4.78 is 0. The van der Waals surface area contributed by atoms with E-state index >= 15 is 0 Å². The number of anilines is 1. The minimum atomic E-state index is 0.321. The summed E-state index contributed by atoms with van der Waals surface area (Å²) in [6, 6.07) is 6.05. The van der Waals surface area contributed by atoms with E-state index in [1.54, 1.807) is 0 Å². The molecule has 0 aromatic carbocycles. The fraction of sp³-hybridized carbons (Fsp3) is 0.667. The van der Waals surface area contributed by atoms with Crippen molar-refractivity contribution in [2.45, 2.75) is 30.8 Å². The zero-order chi connectivity index (χ0) is 16.9. The summed E-state index contributed by atoms with van der Waals surface area (Å²) in [4.78, 5) is 23.7. The summed E-state index contributed by atoms with van der Waals surface area (Å²) in [5.41, 5.74) is 0. The molecule has 24 heavy (non-hydrogen) atoms. The van der Waals surface area contributed by atoms with Crippen LogP contribution >= 0.6 is 11.8 Å². The lowest BCUT2D eigenvalue weighted by Crippen LogP contribution is -2.48. The van der Waals surface area contributed by atoms with Gasteiger partial charge in [0.1, 0.15) is 5.82 Å². The monoisotopic (exact) mass is 348 g/mol. The van der Waals surface area contributed by atoms with E-state index in [0.29, 0.717) is 22.8 Å². The Bertz CT molecular complexity index is 523. The van der Waals surface area contributed by atoms with Crippen LogP contribution in [0.2, 0.25) is 0 Å². The summed E-state index contributed by atoms with van der Waals surface area (Å²) in [6.07, 6.45) is 2.49. The molecule has 0 bridgehead atoms. The zero-order valence-electron chi connectivity index (χ0n) is 14.7. The fourth-order valence-corrected chi connectivity index (χ4v) is 4.86. The molecule has 1 aromatic rings. The average molecular weight is 349 g/mol. The first-order chi connectivity index (χ1) is 11.6. The van der Waals surface area contributed by atoms with Crippen molar-refractivity contribution >= 4 is 23.5 Å². The maximum atomic E-state index is 12.5. The number of nitrogens with zero attached hydrogens (tertiary/aromatic N) is 4. The van der Waals surface area contributed by atoms with Gasteiger partial charge < -0.3 is 9.80 Å². The molecular formula is C18H28N4OS. The highest BCUT2D eigenvalue weighted by molar-refractivity contribution is 8.00. The minimum absolute atomic E-state index is 0.321. The number of thioether (sulfide) groups is 1. The lowest BCUT2D eigenvalue weighted by Gasteiger charge is -2.37. The molecule has 2 atom stereocenters. The Hall–Kier alpha value is -1.27. The van der Waals surface area contributed by atoms with E-state index in [1.807, 2.05) is 30.1 Å². The molecule has 2 aliphatic rings. The number of hydrogen-bond donors (Lipinski definition) is 0.